The van der Waals surface area contributed by atoms with Gasteiger partial charge in [-0.15, -0.1) is 0 Å². The molecule has 22 heavy (non-hydrogen) atoms. The lowest BCUT2D eigenvalue weighted by Crippen LogP contribution is -2.64. The number of fused-ring (bicyclic) bond motifs is 3. The van der Waals surface area contributed by atoms with E-state index in [1.165, 1.54) is 19.3 Å². The zero-order chi connectivity index (χ0) is 16.4. The van der Waals surface area contributed by atoms with Gasteiger partial charge in [-0.1, -0.05) is 27.7 Å². The number of hydrogen-bond acceptors (Lipinski definition) is 2. The molecule has 1 saturated heterocycles. The highest BCUT2D eigenvalue weighted by Gasteiger charge is 2.62. The zero-order valence-corrected chi connectivity index (χ0v) is 15.5. The summed E-state index contributed by atoms with van der Waals surface area (Å²) in [4.78, 5) is 0. The van der Waals surface area contributed by atoms with Crippen LogP contribution in [0.1, 0.15) is 86.5 Å². The molecular weight excluding hydrogens is 272 g/mol. The minimum absolute atomic E-state index is 0.0344. The molecule has 0 amide bonds. The summed E-state index contributed by atoms with van der Waals surface area (Å²) < 4.78 is 6.76. The molecule has 2 aliphatic carbocycles. The predicted octanol–water partition coefficient (Wildman–Crippen LogP) is 4.94. The maximum atomic E-state index is 10.5. The number of hydrogen-bond donors (Lipinski definition) is 1. The topological polar surface area (TPSA) is 29.5 Å². The van der Waals surface area contributed by atoms with Gasteiger partial charge in [0.15, 0.2) is 0 Å². The maximum Gasteiger partial charge on any atom is 0.0695 e. The molecule has 1 heterocycles. The van der Waals surface area contributed by atoms with Crippen LogP contribution in [0.25, 0.3) is 0 Å². The molecule has 3 rings (SSSR count). The Morgan fingerprint density at radius 2 is 1.55 bits per heavy atom. The second kappa shape index (κ2) is 4.96. The van der Waals surface area contributed by atoms with Crippen LogP contribution in [-0.4, -0.2) is 22.4 Å². The van der Waals surface area contributed by atoms with E-state index >= 15 is 0 Å². The smallest absolute Gasteiger partial charge is 0.0695 e. The second-order valence-corrected chi connectivity index (χ2v) is 9.78. The Morgan fingerprint density at radius 3 is 2.18 bits per heavy atom. The molecule has 0 radical (unpaired) electrons. The van der Waals surface area contributed by atoms with E-state index in [0.29, 0.717) is 17.3 Å². The Kier molecular flexibility index (Phi) is 3.78. The van der Waals surface area contributed by atoms with Crippen LogP contribution in [-0.2, 0) is 4.74 Å². The first-order chi connectivity index (χ1) is 10.1. The molecule has 2 saturated carbocycles. The van der Waals surface area contributed by atoms with Crippen LogP contribution in [0.5, 0.6) is 0 Å². The van der Waals surface area contributed by atoms with Gasteiger partial charge in [-0.25, -0.2) is 0 Å². The minimum atomic E-state index is -0.139. The largest absolute Gasteiger partial charge is 0.393 e. The fourth-order valence-corrected chi connectivity index (χ4v) is 6.57. The van der Waals surface area contributed by atoms with E-state index in [2.05, 4.69) is 41.5 Å². The molecule has 0 spiro atoms. The van der Waals surface area contributed by atoms with Gasteiger partial charge >= 0.3 is 0 Å². The molecule has 2 nitrogen and oxygen atoms in total. The van der Waals surface area contributed by atoms with Crippen LogP contribution < -0.4 is 0 Å². The Hall–Kier alpha value is -0.0800. The van der Waals surface area contributed by atoms with Crippen LogP contribution in [0.2, 0.25) is 0 Å². The monoisotopic (exact) mass is 308 g/mol. The molecule has 0 aromatic rings. The lowest BCUT2D eigenvalue weighted by Gasteiger charge is -2.66. The first-order valence-electron chi connectivity index (χ1n) is 9.46. The van der Waals surface area contributed by atoms with Crippen molar-refractivity contribution in [2.24, 2.45) is 22.7 Å². The third-order valence-corrected chi connectivity index (χ3v) is 8.16. The summed E-state index contributed by atoms with van der Waals surface area (Å²) in [5.41, 5.74) is 0.468. The molecular formula is C20H36O2. The van der Waals surface area contributed by atoms with E-state index in [1.54, 1.807) is 0 Å². The van der Waals surface area contributed by atoms with Crippen molar-refractivity contribution in [3.63, 3.8) is 0 Å². The molecule has 0 aromatic carbocycles. The average Bonchev–Trinajstić information content (AvgIpc) is 2.42. The molecule has 0 aromatic heterocycles. The van der Waals surface area contributed by atoms with Gasteiger partial charge in [0.05, 0.1) is 17.3 Å². The van der Waals surface area contributed by atoms with Gasteiger partial charge in [-0.3, -0.25) is 0 Å². The average molecular weight is 309 g/mol. The van der Waals surface area contributed by atoms with Crippen LogP contribution in [0.3, 0.4) is 0 Å². The van der Waals surface area contributed by atoms with Crippen molar-refractivity contribution in [2.75, 3.05) is 0 Å². The minimum Gasteiger partial charge on any atom is -0.393 e. The highest BCUT2D eigenvalue weighted by Crippen LogP contribution is 2.65. The normalized spacial score (nSPS) is 54.4. The molecule has 3 aliphatic rings. The zero-order valence-electron chi connectivity index (χ0n) is 15.5. The fourth-order valence-electron chi connectivity index (χ4n) is 6.57. The first-order valence-corrected chi connectivity index (χ1v) is 9.46. The van der Waals surface area contributed by atoms with Crippen molar-refractivity contribution >= 4 is 0 Å². The summed E-state index contributed by atoms with van der Waals surface area (Å²) in [7, 11) is 0. The highest BCUT2D eigenvalue weighted by molar-refractivity contribution is 5.12. The van der Waals surface area contributed by atoms with Crippen LogP contribution >= 0.6 is 0 Å². The molecule has 3 fully saturated rings. The Bertz CT molecular complexity index is 445. The lowest BCUT2D eigenvalue weighted by atomic mass is 9.44. The van der Waals surface area contributed by atoms with Gasteiger partial charge in [0.25, 0.3) is 0 Å². The summed E-state index contributed by atoms with van der Waals surface area (Å²) in [5, 5.41) is 10.5. The third-order valence-electron chi connectivity index (χ3n) is 8.16. The Labute approximate surface area is 137 Å². The molecule has 1 aliphatic heterocycles. The summed E-state index contributed by atoms with van der Waals surface area (Å²) in [6, 6.07) is 0. The highest BCUT2D eigenvalue weighted by atomic mass is 16.5. The van der Waals surface area contributed by atoms with Gasteiger partial charge in [-0.05, 0) is 81.5 Å². The quantitative estimate of drug-likeness (QED) is 0.743. The predicted molar refractivity (Wildman–Crippen MR) is 90.8 cm³/mol. The SMILES string of the molecule is CCC1(C)CCC2C(C)(CCC3C(C)(C)C(O)CCC23C)O1. The van der Waals surface area contributed by atoms with Crippen molar-refractivity contribution < 1.29 is 9.84 Å². The molecule has 6 atom stereocenters. The fraction of sp³-hybridized carbons (Fsp3) is 1.00. The van der Waals surface area contributed by atoms with E-state index in [9.17, 15) is 5.11 Å². The van der Waals surface area contributed by atoms with Gasteiger partial charge in [0.2, 0.25) is 0 Å². The van der Waals surface area contributed by atoms with Crippen molar-refractivity contribution in [2.45, 2.75) is 104 Å². The van der Waals surface area contributed by atoms with Gasteiger partial charge in [0, 0.05) is 0 Å². The Morgan fingerprint density at radius 1 is 0.909 bits per heavy atom. The van der Waals surface area contributed by atoms with E-state index in [4.69, 9.17) is 4.74 Å². The van der Waals surface area contributed by atoms with Gasteiger partial charge in [-0.2, -0.15) is 0 Å². The van der Waals surface area contributed by atoms with Gasteiger partial charge < -0.3 is 9.84 Å². The Balaban J connectivity index is 1.94. The van der Waals surface area contributed by atoms with Crippen LogP contribution in [0.4, 0.5) is 0 Å². The van der Waals surface area contributed by atoms with E-state index in [0.717, 1.165) is 25.7 Å². The van der Waals surface area contributed by atoms with Crippen molar-refractivity contribution in [1.29, 1.82) is 0 Å². The molecule has 6 unspecified atom stereocenters. The van der Waals surface area contributed by atoms with Crippen molar-refractivity contribution in [3.8, 4) is 0 Å². The number of rotatable bonds is 1. The molecule has 0 bridgehead atoms. The molecule has 2 heteroatoms. The third kappa shape index (κ3) is 2.20. The lowest BCUT2D eigenvalue weighted by molar-refractivity contribution is -0.273. The van der Waals surface area contributed by atoms with Crippen molar-refractivity contribution in [3.05, 3.63) is 0 Å². The van der Waals surface area contributed by atoms with E-state index in [-0.39, 0.29) is 22.7 Å². The number of aliphatic hydroxyl groups is 1. The summed E-state index contributed by atoms with van der Waals surface area (Å²) in [6.07, 6.45) is 7.93. The first kappa shape index (κ1) is 16.8. The molecule has 128 valence electrons. The second-order valence-electron chi connectivity index (χ2n) is 9.78. The number of ether oxygens (including phenoxy) is 1. The summed E-state index contributed by atoms with van der Waals surface area (Å²) in [6.45, 7) is 14.0. The van der Waals surface area contributed by atoms with Crippen LogP contribution in [0.15, 0.2) is 0 Å². The maximum absolute atomic E-state index is 10.5. The van der Waals surface area contributed by atoms with E-state index < -0.39 is 0 Å². The van der Waals surface area contributed by atoms with Crippen molar-refractivity contribution in [1.82, 2.24) is 0 Å². The van der Waals surface area contributed by atoms with Gasteiger partial charge in [0.1, 0.15) is 0 Å². The molecule has 1 N–H and O–H groups in total. The summed E-state index contributed by atoms with van der Waals surface area (Å²) in [5.74, 6) is 1.27. The van der Waals surface area contributed by atoms with Crippen LogP contribution in [0, 0.1) is 22.7 Å². The number of aliphatic hydroxyl groups excluding tert-OH is 1. The summed E-state index contributed by atoms with van der Waals surface area (Å²) >= 11 is 0. The standard InChI is InChI=1S/C20H36O2/c1-7-18(4)11-8-15-19(5)12-10-16(21)17(2,3)14(19)9-13-20(15,6)22-18/h14-16,21H,7-13H2,1-6H3. The van der Waals surface area contributed by atoms with E-state index in [1.807, 2.05) is 0 Å².